The minimum absolute atomic E-state index is 0.294. The van der Waals surface area contributed by atoms with E-state index >= 15 is 0 Å². The summed E-state index contributed by atoms with van der Waals surface area (Å²) in [7, 11) is 0. The lowest BCUT2D eigenvalue weighted by Gasteiger charge is -2.29. The molecule has 7 aromatic carbocycles. The monoisotopic (exact) mass is 575 g/mol. The fraction of sp³-hybridized carbons (Fsp3) is 0.0476. The van der Waals surface area contributed by atoms with Crippen LogP contribution in [0.2, 0.25) is 0 Å². The van der Waals surface area contributed by atoms with Gasteiger partial charge < -0.3 is 4.57 Å². The van der Waals surface area contributed by atoms with Crippen LogP contribution in [0.5, 0.6) is 0 Å². The summed E-state index contributed by atoms with van der Waals surface area (Å²) >= 11 is 0. The van der Waals surface area contributed by atoms with E-state index in [2.05, 4.69) is 126 Å². The van der Waals surface area contributed by atoms with Gasteiger partial charge in [0, 0.05) is 16.5 Å². The standard InChI is InChI=1S/C42H25NO2/c44-41-27-15-22-35(42(41)45)36(23-27)30-19-12-26-13-20-33-29(18-11-25-14-21-34(30)40(26)39(25)33)24-9-16-28(17-10-24)43-37-7-3-1-5-31(37)32-6-2-4-8-38(32)43/h1-23,27,35H. The molecular formula is C42H25NO2. The normalized spacial score (nSPS) is 17.9. The van der Waals surface area contributed by atoms with Gasteiger partial charge in [-0.15, -0.1) is 0 Å². The quantitative estimate of drug-likeness (QED) is 0.120. The molecule has 0 radical (unpaired) electrons. The maximum absolute atomic E-state index is 12.8. The summed E-state index contributed by atoms with van der Waals surface area (Å²) in [5.41, 5.74) is 7.88. The molecule has 45 heavy (non-hydrogen) atoms. The zero-order valence-corrected chi connectivity index (χ0v) is 24.2. The van der Waals surface area contributed by atoms with Crippen LogP contribution in [0, 0.1) is 11.8 Å². The number of benzene rings is 7. The van der Waals surface area contributed by atoms with Gasteiger partial charge in [-0.2, -0.15) is 0 Å². The Morgan fingerprint density at radius 1 is 0.489 bits per heavy atom. The van der Waals surface area contributed by atoms with Crippen LogP contribution in [0.15, 0.2) is 140 Å². The number of hydrogen-bond donors (Lipinski definition) is 0. The molecule has 2 unspecified atom stereocenters. The highest BCUT2D eigenvalue weighted by atomic mass is 16.2. The Labute approximate surface area is 258 Å². The molecule has 0 saturated carbocycles. The Bertz CT molecular complexity index is 2580. The predicted molar refractivity (Wildman–Crippen MR) is 184 cm³/mol. The Morgan fingerprint density at radius 3 is 1.71 bits per heavy atom. The zero-order chi connectivity index (χ0) is 29.8. The molecule has 0 fully saturated rings. The van der Waals surface area contributed by atoms with Crippen molar-refractivity contribution >= 4 is 71.3 Å². The van der Waals surface area contributed by atoms with E-state index in [-0.39, 0.29) is 11.6 Å². The first-order chi connectivity index (χ1) is 22.2. The maximum atomic E-state index is 12.8. The van der Waals surface area contributed by atoms with Crippen molar-refractivity contribution in [3.05, 3.63) is 145 Å². The number of carbonyl (C=O) groups is 2. The molecule has 8 aromatic rings. The Hall–Kier alpha value is -5.80. The van der Waals surface area contributed by atoms with Crippen molar-refractivity contribution in [2.24, 2.45) is 11.8 Å². The van der Waals surface area contributed by atoms with Crippen molar-refractivity contribution in [1.82, 2.24) is 4.57 Å². The summed E-state index contributed by atoms with van der Waals surface area (Å²) in [5, 5.41) is 9.64. The number of allylic oxidation sites excluding steroid dienone is 4. The number of aromatic nitrogens is 1. The molecule has 1 heterocycles. The summed E-state index contributed by atoms with van der Waals surface area (Å²) < 4.78 is 2.35. The van der Waals surface area contributed by atoms with Gasteiger partial charge in [0.1, 0.15) is 0 Å². The van der Waals surface area contributed by atoms with Crippen LogP contribution in [-0.4, -0.2) is 16.1 Å². The fourth-order valence-corrected chi connectivity index (χ4v) is 7.95. The molecule has 0 amide bonds. The highest BCUT2D eigenvalue weighted by Gasteiger charge is 2.39. The Morgan fingerprint density at radius 2 is 1.07 bits per heavy atom. The topological polar surface area (TPSA) is 39.1 Å². The lowest BCUT2D eigenvalue weighted by atomic mass is 9.72. The first-order valence-electron chi connectivity index (χ1n) is 15.4. The van der Waals surface area contributed by atoms with Crippen molar-refractivity contribution in [2.45, 2.75) is 0 Å². The lowest BCUT2D eigenvalue weighted by Crippen LogP contribution is -2.36. The molecule has 2 bridgehead atoms. The molecule has 3 aliphatic rings. The largest absolute Gasteiger partial charge is 0.309 e. The second kappa shape index (κ2) is 8.87. The summed E-state index contributed by atoms with van der Waals surface area (Å²) in [6, 6.07) is 43.6. The van der Waals surface area contributed by atoms with Gasteiger partial charge >= 0.3 is 0 Å². The summed E-state index contributed by atoms with van der Waals surface area (Å²) in [6.07, 6.45) is 5.76. The minimum atomic E-state index is -0.496. The number of fused-ring (bicyclic) bond motifs is 4. The van der Waals surface area contributed by atoms with E-state index in [0.717, 1.165) is 22.2 Å². The third-order valence-electron chi connectivity index (χ3n) is 10.0. The SMILES string of the molecule is O=C1C(=O)C2C=CC1C=C2c1ccc2ccc3c(-c4ccc(-n5c6ccccc6c6ccccc65)cc4)ccc4ccc1c2c43. The highest BCUT2D eigenvalue weighted by Crippen LogP contribution is 2.45. The Kier molecular flexibility index (Phi) is 4.85. The molecule has 0 spiro atoms. The number of para-hydroxylation sites is 2. The van der Waals surface area contributed by atoms with Crippen molar-refractivity contribution in [1.29, 1.82) is 0 Å². The molecular weight excluding hydrogens is 550 g/mol. The van der Waals surface area contributed by atoms with E-state index in [1.165, 1.54) is 59.9 Å². The maximum Gasteiger partial charge on any atom is 0.210 e. The van der Waals surface area contributed by atoms with E-state index < -0.39 is 11.8 Å². The first-order valence-corrected chi connectivity index (χ1v) is 15.4. The summed E-state index contributed by atoms with van der Waals surface area (Å²) in [6.45, 7) is 0. The molecule has 0 aliphatic heterocycles. The molecule has 2 atom stereocenters. The van der Waals surface area contributed by atoms with Crippen LogP contribution in [0.1, 0.15) is 5.56 Å². The lowest BCUT2D eigenvalue weighted by molar-refractivity contribution is -0.139. The van der Waals surface area contributed by atoms with Crippen molar-refractivity contribution in [2.75, 3.05) is 0 Å². The number of ketones is 2. The van der Waals surface area contributed by atoms with Crippen LogP contribution in [-0.2, 0) is 9.59 Å². The molecule has 3 nitrogen and oxygen atoms in total. The van der Waals surface area contributed by atoms with Crippen molar-refractivity contribution < 1.29 is 9.59 Å². The van der Waals surface area contributed by atoms with E-state index in [0.29, 0.717) is 0 Å². The van der Waals surface area contributed by atoms with E-state index in [4.69, 9.17) is 0 Å². The van der Waals surface area contributed by atoms with Crippen LogP contribution < -0.4 is 0 Å². The average Bonchev–Trinajstić information content (AvgIpc) is 3.43. The second-order valence-corrected chi connectivity index (χ2v) is 12.3. The second-order valence-electron chi connectivity index (χ2n) is 12.3. The van der Waals surface area contributed by atoms with Gasteiger partial charge in [0.15, 0.2) is 0 Å². The van der Waals surface area contributed by atoms with Gasteiger partial charge in [-0.1, -0.05) is 115 Å². The van der Waals surface area contributed by atoms with Crippen molar-refractivity contribution in [3.8, 4) is 16.8 Å². The van der Waals surface area contributed by atoms with Crippen molar-refractivity contribution in [3.63, 3.8) is 0 Å². The highest BCUT2D eigenvalue weighted by molar-refractivity contribution is 6.44. The smallest absolute Gasteiger partial charge is 0.210 e. The molecule has 3 aliphatic carbocycles. The number of nitrogens with zero attached hydrogens (tertiary/aromatic N) is 1. The van der Waals surface area contributed by atoms with E-state index in [1.54, 1.807) is 0 Å². The Balaban J connectivity index is 1.14. The van der Waals surface area contributed by atoms with Gasteiger partial charge in [0.2, 0.25) is 11.6 Å². The van der Waals surface area contributed by atoms with Gasteiger partial charge in [-0.25, -0.2) is 0 Å². The van der Waals surface area contributed by atoms with Gasteiger partial charge in [-0.3, -0.25) is 9.59 Å². The van der Waals surface area contributed by atoms with Gasteiger partial charge in [0.25, 0.3) is 0 Å². The van der Waals surface area contributed by atoms with Crippen LogP contribution in [0.25, 0.3) is 76.5 Å². The molecule has 0 saturated heterocycles. The average molecular weight is 576 g/mol. The van der Waals surface area contributed by atoms with E-state index in [1.807, 2.05) is 18.2 Å². The van der Waals surface area contributed by atoms with Crippen LogP contribution in [0.4, 0.5) is 0 Å². The summed E-state index contributed by atoms with van der Waals surface area (Å²) in [5.74, 6) is -1.53. The molecule has 210 valence electrons. The molecule has 0 N–H and O–H groups in total. The predicted octanol–water partition coefficient (Wildman–Crippen LogP) is 9.69. The third-order valence-corrected chi connectivity index (χ3v) is 10.0. The number of hydrogen-bond acceptors (Lipinski definition) is 2. The molecule has 11 rings (SSSR count). The zero-order valence-electron chi connectivity index (χ0n) is 24.2. The van der Waals surface area contributed by atoms with Gasteiger partial charge in [-0.05, 0) is 78.8 Å². The molecule has 3 heteroatoms. The minimum Gasteiger partial charge on any atom is -0.309 e. The number of carbonyl (C=O) groups excluding carboxylic acids is 2. The fourth-order valence-electron chi connectivity index (χ4n) is 7.95. The molecule has 1 aromatic heterocycles. The van der Waals surface area contributed by atoms with Crippen LogP contribution >= 0.6 is 0 Å². The summed E-state index contributed by atoms with van der Waals surface area (Å²) in [4.78, 5) is 25.3. The van der Waals surface area contributed by atoms with Crippen LogP contribution in [0.3, 0.4) is 0 Å². The first kappa shape index (κ1) is 24.6. The van der Waals surface area contributed by atoms with Gasteiger partial charge in [0.05, 0.1) is 22.9 Å². The third kappa shape index (κ3) is 3.30. The van der Waals surface area contributed by atoms with E-state index in [9.17, 15) is 9.59 Å². The number of Topliss-reactive ketones (excluding diaryl/α,β-unsaturated/α-hetero) is 2. The number of rotatable bonds is 3.